The van der Waals surface area contributed by atoms with E-state index in [0.29, 0.717) is 42.9 Å². The molecule has 1 aromatic rings. The zero-order valence-corrected chi connectivity index (χ0v) is 25.9. The Labute approximate surface area is 252 Å². The van der Waals surface area contributed by atoms with Crippen LogP contribution in [0.15, 0.2) is 46.8 Å². The van der Waals surface area contributed by atoms with Gasteiger partial charge in [0, 0.05) is 96.7 Å². The smallest absolute Gasteiger partial charge is 0.416 e. The maximum Gasteiger partial charge on any atom is 0.416 e. The molecule has 12 heteroatoms. The molecule has 2 saturated heterocycles. The molecule has 3 heterocycles. The topological polar surface area (TPSA) is 68.8 Å². The van der Waals surface area contributed by atoms with Crippen LogP contribution in [0.5, 0.6) is 0 Å². The molecule has 0 atom stereocenters. The molecule has 0 N–H and O–H groups in total. The number of rotatable bonds is 9. The summed E-state index contributed by atoms with van der Waals surface area (Å²) in [6.07, 6.45) is -3.50. The summed E-state index contributed by atoms with van der Waals surface area (Å²) in [7, 11) is 8.59. The molecular formula is C31H44F3N5O4. The van der Waals surface area contributed by atoms with E-state index < -0.39 is 29.6 Å². The van der Waals surface area contributed by atoms with Crippen molar-refractivity contribution in [3.8, 4) is 0 Å². The molecule has 1 aromatic carbocycles. The number of ether oxygens (including phenoxy) is 2. The number of carbonyl (C=O) groups is 2. The van der Waals surface area contributed by atoms with Gasteiger partial charge in [-0.3, -0.25) is 0 Å². The average Bonchev–Trinajstić information content (AvgIpc) is 2.99. The summed E-state index contributed by atoms with van der Waals surface area (Å²) in [5.41, 5.74) is 1.51. The number of carbonyl (C=O) groups excluding carboxylic acids is 2. The Balaban J connectivity index is 1.80. The van der Waals surface area contributed by atoms with Gasteiger partial charge in [-0.15, -0.1) is 0 Å². The van der Waals surface area contributed by atoms with E-state index in [1.165, 1.54) is 26.4 Å². The average molecular weight is 608 g/mol. The van der Waals surface area contributed by atoms with Crippen molar-refractivity contribution in [3.05, 3.63) is 57.9 Å². The maximum atomic E-state index is 13.5. The molecule has 238 valence electrons. The van der Waals surface area contributed by atoms with Gasteiger partial charge < -0.3 is 34.0 Å². The second-order valence-corrected chi connectivity index (χ2v) is 11.6. The molecule has 0 radical (unpaired) electrons. The van der Waals surface area contributed by atoms with E-state index in [2.05, 4.69) is 33.7 Å². The van der Waals surface area contributed by atoms with Crippen LogP contribution in [0, 0.1) is 0 Å². The highest BCUT2D eigenvalue weighted by Crippen LogP contribution is 2.45. The molecule has 4 rings (SSSR count). The fourth-order valence-electron chi connectivity index (χ4n) is 6.17. The van der Waals surface area contributed by atoms with E-state index >= 15 is 0 Å². The van der Waals surface area contributed by atoms with E-state index in [1.807, 2.05) is 11.9 Å². The highest BCUT2D eigenvalue weighted by Gasteiger charge is 2.42. The standard InChI is InChI=1S/C31H44F3N5O4/c1-35-14-18-38(19-15-35)12-10-24-27(29(40)42-4)26(22-6-8-23(9-7-22)31(32,33)34)28(30(41)43-5)25(37(24)3)11-13-39-20-16-36(2)17-21-39/h6-9,26H,10-21H2,1-5H3. The fourth-order valence-corrected chi connectivity index (χ4v) is 6.17. The number of esters is 2. The Kier molecular flexibility index (Phi) is 10.9. The van der Waals surface area contributed by atoms with Gasteiger partial charge in [0.15, 0.2) is 0 Å². The highest BCUT2D eigenvalue weighted by atomic mass is 19.4. The molecule has 0 saturated carbocycles. The minimum atomic E-state index is -4.52. The number of hydrogen-bond acceptors (Lipinski definition) is 9. The predicted octanol–water partition coefficient (Wildman–Crippen LogP) is 2.86. The summed E-state index contributed by atoms with van der Waals surface area (Å²) in [6.45, 7) is 8.70. The third-order valence-corrected chi connectivity index (χ3v) is 8.91. The van der Waals surface area contributed by atoms with Crippen LogP contribution in [-0.4, -0.2) is 137 Å². The predicted molar refractivity (Wildman–Crippen MR) is 157 cm³/mol. The van der Waals surface area contributed by atoms with Crippen LogP contribution in [0.3, 0.4) is 0 Å². The molecule has 0 bridgehead atoms. The highest BCUT2D eigenvalue weighted by molar-refractivity contribution is 6.00. The first-order valence-electron chi connectivity index (χ1n) is 14.8. The number of piperazine rings is 2. The van der Waals surface area contributed by atoms with E-state index in [9.17, 15) is 22.8 Å². The van der Waals surface area contributed by atoms with Crippen molar-refractivity contribution in [2.24, 2.45) is 0 Å². The summed E-state index contributed by atoms with van der Waals surface area (Å²) < 4.78 is 50.9. The van der Waals surface area contributed by atoms with Crippen LogP contribution < -0.4 is 0 Å². The van der Waals surface area contributed by atoms with Gasteiger partial charge in [0.1, 0.15) is 0 Å². The molecule has 0 aromatic heterocycles. The fraction of sp³-hybridized carbons (Fsp3) is 0.613. The van der Waals surface area contributed by atoms with E-state index in [-0.39, 0.29) is 11.1 Å². The molecule has 3 aliphatic rings. The van der Waals surface area contributed by atoms with Crippen molar-refractivity contribution in [1.82, 2.24) is 24.5 Å². The number of methoxy groups -OCH3 is 2. The van der Waals surface area contributed by atoms with Crippen molar-refractivity contribution >= 4 is 11.9 Å². The van der Waals surface area contributed by atoms with Gasteiger partial charge in [-0.2, -0.15) is 13.2 Å². The third kappa shape index (κ3) is 7.78. The Bertz CT molecular complexity index is 1140. The summed E-state index contributed by atoms with van der Waals surface area (Å²) in [4.78, 5) is 38.2. The lowest BCUT2D eigenvalue weighted by Crippen LogP contribution is -2.46. The van der Waals surface area contributed by atoms with Crippen molar-refractivity contribution in [3.63, 3.8) is 0 Å². The molecular weight excluding hydrogens is 563 g/mol. The Morgan fingerprint density at radius 1 is 0.721 bits per heavy atom. The zero-order chi connectivity index (χ0) is 31.3. The molecule has 2 fully saturated rings. The van der Waals surface area contributed by atoms with E-state index in [0.717, 1.165) is 64.5 Å². The first-order chi connectivity index (χ1) is 20.4. The Morgan fingerprint density at radius 2 is 1.12 bits per heavy atom. The Morgan fingerprint density at radius 3 is 1.47 bits per heavy atom. The van der Waals surface area contributed by atoms with Gasteiger partial charge in [0.2, 0.25) is 0 Å². The van der Waals surface area contributed by atoms with Gasteiger partial charge in [0.05, 0.1) is 36.8 Å². The van der Waals surface area contributed by atoms with Gasteiger partial charge in [-0.05, 0) is 31.8 Å². The van der Waals surface area contributed by atoms with Crippen LogP contribution >= 0.6 is 0 Å². The van der Waals surface area contributed by atoms with Gasteiger partial charge >= 0.3 is 18.1 Å². The normalized spacial score (nSPS) is 20.6. The third-order valence-electron chi connectivity index (χ3n) is 8.91. The van der Waals surface area contributed by atoms with Crippen molar-refractivity contribution in [2.75, 3.05) is 101 Å². The SMILES string of the molecule is COC(=O)C1=C(CCN2CCN(C)CC2)N(C)C(CCN2CCN(C)CC2)=C(C(=O)OC)C1c1ccc(C(F)(F)F)cc1. The molecule has 43 heavy (non-hydrogen) atoms. The number of nitrogens with zero attached hydrogens (tertiary/aromatic N) is 5. The van der Waals surface area contributed by atoms with Crippen LogP contribution in [-0.2, 0) is 25.2 Å². The van der Waals surface area contributed by atoms with Crippen molar-refractivity contribution in [2.45, 2.75) is 24.9 Å². The summed E-state index contributed by atoms with van der Waals surface area (Å²) in [6, 6.07) is 4.68. The Hall–Kier alpha value is -2.93. The number of alkyl halides is 3. The lowest BCUT2D eigenvalue weighted by Gasteiger charge is -2.40. The molecule has 3 aliphatic heterocycles. The first-order valence-corrected chi connectivity index (χ1v) is 14.8. The first kappa shape index (κ1) is 33.0. The molecule has 0 unspecified atom stereocenters. The van der Waals surface area contributed by atoms with Crippen LogP contribution in [0.25, 0.3) is 0 Å². The van der Waals surface area contributed by atoms with E-state index in [1.54, 1.807) is 0 Å². The maximum absolute atomic E-state index is 13.5. The number of hydrogen-bond donors (Lipinski definition) is 0. The lowest BCUT2D eigenvalue weighted by molar-refractivity contribution is -0.139. The molecule has 9 nitrogen and oxygen atoms in total. The molecule has 0 aliphatic carbocycles. The number of halogens is 3. The van der Waals surface area contributed by atoms with Gasteiger partial charge in [-0.1, -0.05) is 12.1 Å². The van der Waals surface area contributed by atoms with Crippen LogP contribution in [0.1, 0.15) is 29.9 Å². The zero-order valence-electron chi connectivity index (χ0n) is 25.9. The van der Waals surface area contributed by atoms with Crippen molar-refractivity contribution in [1.29, 1.82) is 0 Å². The number of likely N-dealkylation sites (N-methyl/N-ethyl adjacent to an activating group) is 2. The summed E-state index contributed by atoms with van der Waals surface area (Å²) in [5.74, 6) is -2.18. The quantitative estimate of drug-likeness (QED) is 0.395. The minimum absolute atomic E-state index is 0.252. The summed E-state index contributed by atoms with van der Waals surface area (Å²) >= 11 is 0. The lowest BCUT2D eigenvalue weighted by atomic mass is 9.78. The van der Waals surface area contributed by atoms with Crippen LogP contribution in [0.2, 0.25) is 0 Å². The monoisotopic (exact) mass is 607 g/mol. The second-order valence-electron chi connectivity index (χ2n) is 11.6. The summed E-state index contributed by atoms with van der Waals surface area (Å²) in [5, 5.41) is 0. The van der Waals surface area contributed by atoms with E-state index in [4.69, 9.17) is 9.47 Å². The second kappa shape index (κ2) is 14.2. The van der Waals surface area contributed by atoms with Crippen molar-refractivity contribution < 1.29 is 32.2 Å². The van der Waals surface area contributed by atoms with Crippen LogP contribution in [0.4, 0.5) is 13.2 Å². The largest absolute Gasteiger partial charge is 0.466 e. The number of benzene rings is 1. The van der Waals surface area contributed by atoms with Gasteiger partial charge in [-0.25, -0.2) is 9.59 Å². The minimum Gasteiger partial charge on any atom is -0.466 e. The van der Waals surface area contributed by atoms with Gasteiger partial charge in [0.25, 0.3) is 0 Å². The molecule has 0 amide bonds. The molecule has 0 spiro atoms.